The van der Waals surface area contributed by atoms with Crippen molar-refractivity contribution in [3.8, 4) is 0 Å². The number of piperidine rings is 1. The van der Waals surface area contributed by atoms with Gasteiger partial charge in [0.15, 0.2) is 0 Å². The highest BCUT2D eigenvalue weighted by Crippen LogP contribution is 2.21. The average Bonchev–Trinajstić information content (AvgIpc) is 2.71. The highest BCUT2D eigenvalue weighted by atomic mass is 32.1. The third-order valence-electron chi connectivity index (χ3n) is 3.25. The normalized spacial score (nSPS) is 25.3. The standard InChI is InChI=1S/C12H20N2S/c1-10(13)11-4-2-6-14(8-11)9-12-5-3-7-15-12/h3,5,7,10-11H,2,4,6,8-9,13H2,1H3. The summed E-state index contributed by atoms with van der Waals surface area (Å²) in [5.41, 5.74) is 5.98. The molecule has 1 saturated heterocycles. The van der Waals surface area contributed by atoms with Crippen molar-refractivity contribution in [2.24, 2.45) is 11.7 Å². The van der Waals surface area contributed by atoms with E-state index in [1.807, 2.05) is 11.3 Å². The van der Waals surface area contributed by atoms with Crippen molar-refractivity contribution in [3.05, 3.63) is 22.4 Å². The van der Waals surface area contributed by atoms with Gasteiger partial charge in [-0.15, -0.1) is 11.3 Å². The second-order valence-electron chi connectivity index (χ2n) is 4.58. The Kier molecular flexibility index (Phi) is 3.78. The Morgan fingerprint density at radius 2 is 2.53 bits per heavy atom. The second kappa shape index (κ2) is 5.10. The summed E-state index contributed by atoms with van der Waals surface area (Å²) in [6.07, 6.45) is 2.61. The molecule has 2 atom stereocenters. The molecule has 0 amide bonds. The summed E-state index contributed by atoms with van der Waals surface area (Å²) >= 11 is 1.85. The first-order valence-electron chi connectivity index (χ1n) is 5.76. The first-order chi connectivity index (χ1) is 7.25. The van der Waals surface area contributed by atoms with Crippen LogP contribution in [0.2, 0.25) is 0 Å². The van der Waals surface area contributed by atoms with E-state index in [2.05, 4.69) is 29.3 Å². The number of nitrogens with zero attached hydrogens (tertiary/aromatic N) is 1. The van der Waals surface area contributed by atoms with E-state index in [-0.39, 0.29) is 0 Å². The lowest BCUT2D eigenvalue weighted by atomic mass is 9.92. The lowest BCUT2D eigenvalue weighted by Crippen LogP contribution is -2.41. The Bertz CT molecular complexity index is 282. The fourth-order valence-electron chi connectivity index (χ4n) is 2.29. The molecule has 2 N–H and O–H groups in total. The monoisotopic (exact) mass is 224 g/mol. The van der Waals surface area contributed by atoms with Crippen molar-refractivity contribution < 1.29 is 0 Å². The van der Waals surface area contributed by atoms with E-state index in [1.54, 1.807) is 0 Å². The molecule has 1 aromatic rings. The molecule has 0 spiro atoms. The van der Waals surface area contributed by atoms with Crippen LogP contribution in [0, 0.1) is 5.92 Å². The van der Waals surface area contributed by atoms with Crippen LogP contribution < -0.4 is 5.73 Å². The van der Waals surface area contributed by atoms with Crippen LogP contribution in [0.3, 0.4) is 0 Å². The molecular formula is C12H20N2S. The molecule has 2 heterocycles. The predicted octanol–water partition coefficient (Wildman–Crippen LogP) is 2.31. The summed E-state index contributed by atoms with van der Waals surface area (Å²) in [5.74, 6) is 0.693. The predicted molar refractivity (Wildman–Crippen MR) is 66.0 cm³/mol. The molecule has 1 aliphatic rings. The first kappa shape index (κ1) is 11.1. The summed E-state index contributed by atoms with van der Waals surface area (Å²) in [6, 6.07) is 4.70. The zero-order valence-corrected chi connectivity index (χ0v) is 10.2. The summed E-state index contributed by atoms with van der Waals surface area (Å²) in [7, 11) is 0. The van der Waals surface area contributed by atoms with Crippen molar-refractivity contribution in [1.29, 1.82) is 0 Å². The van der Waals surface area contributed by atoms with Crippen LogP contribution in [-0.4, -0.2) is 24.0 Å². The number of nitrogens with two attached hydrogens (primary N) is 1. The molecule has 1 aromatic heterocycles. The molecule has 3 heteroatoms. The van der Waals surface area contributed by atoms with Gasteiger partial charge in [-0.2, -0.15) is 0 Å². The van der Waals surface area contributed by atoms with Gasteiger partial charge in [-0.1, -0.05) is 6.07 Å². The maximum atomic E-state index is 5.98. The number of hydrogen-bond acceptors (Lipinski definition) is 3. The largest absolute Gasteiger partial charge is 0.328 e. The van der Waals surface area contributed by atoms with E-state index in [9.17, 15) is 0 Å². The molecule has 0 bridgehead atoms. The van der Waals surface area contributed by atoms with Gasteiger partial charge in [-0.05, 0) is 43.7 Å². The molecule has 1 fully saturated rings. The van der Waals surface area contributed by atoms with Crippen molar-refractivity contribution in [3.63, 3.8) is 0 Å². The van der Waals surface area contributed by atoms with Crippen LogP contribution >= 0.6 is 11.3 Å². The van der Waals surface area contributed by atoms with Gasteiger partial charge in [0.25, 0.3) is 0 Å². The second-order valence-corrected chi connectivity index (χ2v) is 5.61. The minimum atomic E-state index is 0.344. The SMILES string of the molecule is CC(N)C1CCCN(Cc2cccs2)C1. The van der Waals surface area contributed by atoms with Gasteiger partial charge in [0.05, 0.1) is 0 Å². The molecule has 0 saturated carbocycles. The molecule has 0 radical (unpaired) electrons. The van der Waals surface area contributed by atoms with E-state index in [1.165, 1.54) is 30.8 Å². The fourth-order valence-corrected chi connectivity index (χ4v) is 3.03. The Labute approximate surface area is 96.1 Å². The number of hydrogen-bond donors (Lipinski definition) is 1. The van der Waals surface area contributed by atoms with E-state index in [4.69, 9.17) is 5.73 Å². The van der Waals surface area contributed by atoms with Gasteiger partial charge in [-0.3, -0.25) is 4.90 Å². The maximum absolute atomic E-state index is 5.98. The van der Waals surface area contributed by atoms with Crippen LogP contribution in [-0.2, 0) is 6.54 Å². The van der Waals surface area contributed by atoms with Crippen molar-refractivity contribution in [2.75, 3.05) is 13.1 Å². The zero-order valence-electron chi connectivity index (χ0n) is 9.36. The lowest BCUT2D eigenvalue weighted by molar-refractivity contribution is 0.155. The third kappa shape index (κ3) is 3.03. The maximum Gasteiger partial charge on any atom is 0.0328 e. The molecule has 84 valence electrons. The lowest BCUT2D eigenvalue weighted by Gasteiger charge is -2.34. The van der Waals surface area contributed by atoms with E-state index in [0.717, 1.165) is 6.54 Å². The van der Waals surface area contributed by atoms with Crippen molar-refractivity contribution in [1.82, 2.24) is 4.90 Å². The first-order valence-corrected chi connectivity index (χ1v) is 6.64. The summed E-state index contributed by atoms with van der Waals surface area (Å²) < 4.78 is 0. The summed E-state index contributed by atoms with van der Waals surface area (Å²) in [4.78, 5) is 4.02. The fraction of sp³-hybridized carbons (Fsp3) is 0.667. The van der Waals surface area contributed by atoms with E-state index < -0.39 is 0 Å². The van der Waals surface area contributed by atoms with Crippen LogP contribution in [0.25, 0.3) is 0 Å². The summed E-state index contributed by atoms with van der Waals surface area (Å²) in [5, 5.41) is 2.16. The molecule has 0 aromatic carbocycles. The highest BCUT2D eigenvalue weighted by Gasteiger charge is 2.22. The number of thiophene rings is 1. The van der Waals surface area contributed by atoms with Gasteiger partial charge in [0.1, 0.15) is 0 Å². The Balaban J connectivity index is 1.88. The minimum absolute atomic E-state index is 0.344. The Morgan fingerprint density at radius 1 is 1.67 bits per heavy atom. The van der Waals surface area contributed by atoms with E-state index >= 15 is 0 Å². The molecule has 0 aliphatic carbocycles. The van der Waals surface area contributed by atoms with Crippen LogP contribution in [0.4, 0.5) is 0 Å². The van der Waals surface area contributed by atoms with Gasteiger partial charge in [-0.25, -0.2) is 0 Å². The van der Waals surface area contributed by atoms with Crippen LogP contribution in [0.1, 0.15) is 24.6 Å². The van der Waals surface area contributed by atoms with Gasteiger partial charge in [0, 0.05) is 24.0 Å². The molecular weight excluding hydrogens is 204 g/mol. The smallest absolute Gasteiger partial charge is 0.0328 e. The van der Waals surface area contributed by atoms with Crippen molar-refractivity contribution in [2.45, 2.75) is 32.4 Å². The zero-order chi connectivity index (χ0) is 10.7. The molecule has 2 rings (SSSR count). The molecule has 2 nitrogen and oxygen atoms in total. The summed E-state index contributed by atoms with van der Waals surface area (Å²) in [6.45, 7) is 5.66. The van der Waals surface area contributed by atoms with Gasteiger partial charge >= 0.3 is 0 Å². The Hall–Kier alpha value is -0.380. The molecule has 15 heavy (non-hydrogen) atoms. The minimum Gasteiger partial charge on any atom is -0.328 e. The van der Waals surface area contributed by atoms with Gasteiger partial charge < -0.3 is 5.73 Å². The third-order valence-corrected chi connectivity index (χ3v) is 4.11. The quantitative estimate of drug-likeness (QED) is 0.853. The number of rotatable bonds is 3. The topological polar surface area (TPSA) is 29.3 Å². The molecule has 1 aliphatic heterocycles. The highest BCUT2D eigenvalue weighted by molar-refractivity contribution is 7.09. The van der Waals surface area contributed by atoms with Crippen LogP contribution in [0.5, 0.6) is 0 Å². The van der Waals surface area contributed by atoms with Gasteiger partial charge in [0.2, 0.25) is 0 Å². The van der Waals surface area contributed by atoms with E-state index in [0.29, 0.717) is 12.0 Å². The average molecular weight is 224 g/mol. The Morgan fingerprint density at radius 3 is 3.20 bits per heavy atom. The molecule has 2 unspecified atom stereocenters. The van der Waals surface area contributed by atoms with Crippen molar-refractivity contribution >= 4 is 11.3 Å². The number of likely N-dealkylation sites (tertiary alicyclic amines) is 1. The van der Waals surface area contributed by atoms with Crippen LogP contribution in [0.15, 0.2) is 17.5 Å².